The van der Waals surface area contributed by atoms with E-state index in [0.717, 1.165) is 35.8 Å². The molecule has 0 radical (unpaired) electrons. The van der Waals surface area contributed by atoms with Crippen molar-refractivity contribution in [1.29, 1.82) is 0 Å². The fraction of sp³-hybridized carbons (Fsp3) is 0.650. The van der Waals surface area contributed by atoms with Crippen molar-refractivity contribution in [3.05, 3.63) is 24.3 Å². The summed E-state index contributed by atoms with van der Waals surface area (Å²) in [5.41, 5.74) is 1.08. The first-order valence-electron chi connectivity index (χ1n) is 9.64. The summed E-state index contributed by atoms with van der Waals surface area (Å²) in [6.45, 7) is 5.49. The van der Waals surface area contributed by atoms with E-state index in [2.05, 4.69) is 4.90 Å². The number of alkyl halides is 3. The quantitative estimate of drug-likeness (QED) is 0.703. The Morgan fingerprint density at radius 3 is 2.39 bits per heavy atom. The van der Waals surface area contributed by atoms with Crippen LogP contribution in [-0.2, 0) is 4.79 Å². The molecule has 0 aromatic heterocycles. The van der Waals surface area contributed by atoms with Crippen molar-refractivity contribution in [2.75, 3.05) is 57.8 Å². The third-order valence-corrected chi connectivity index (χ3v) is 4.69. The molecule has 0 saturated carbocycles. The van der Waals surface area contributed by atoms with Crippen LogP contribution in [0.15, 0.2) is 24.3 Å². The van der Waals surface area contributed by atoms with Crippen molar-refractivity contribution in [1.82, 2.24) is 9.80 Å². The number of hydrogen-bond donors (Lipinski definition) is 0. The SMILES string of the molecule is COc1ccc(N2CCCN(CC(=O)N(CC(C)C)CC(F)(F)F)CC2)cc1. The predicted molar refractivity (Wildman–Crippen MR) is 104 cm³/mol. The third-order valence-electron chi connectivity index (χ3n) is 4.69. The van der Waals surface area contributed by atoms with Gasteiger partial charge in [-0.05, 0) is 36.6 Å². The Hall–Kier alpha value is -1.96. The molecule has 1 saturated heterocycles. The van der Waals surface area contributed by atoms with Gasteiger partial charge in [0, 0.05) is 38.4 Å². The van der Waals surface area contributed by atoms with E-state index >= 15 is 0 Å². The van der Waals surface area contributed by atoms with Crippen LogP contribution >= 0.6 is 0 Å². The molecule has 0 spiro atoms. The summed E-state index contributed by atoms with van der Waals surface area (Å²) in [4.78, 5) is 17.6. The molecule has 0 aliphatic carbocycles. The first-order valence-corrected chi connectivity index (χ1v) is 9.64. The minimum absolute atomic E-state index is 0.0130. The Labute approximate surface area is 165 Å². The lowest BCUT2D eigenvalue weighted by molar-refractivity contribution is -0.162. The summed E-state index contributed by atoms with van der Waals surface area (Å²) in [6, 6.07) is 7.80. The maximum atomic E-state index is 12.8. The second kappa shape index (κ2) is 10.0. The highest BCUT2D eigenvalue weighted by molar-refractivity contribution is 5.78. The predicted octanol–water partition coefficient (Wildman–Crippen LogP) is 3.25. The summed E-state index contributed by atoms with van der Waals surface area (Å²) >= 11 is 0. The van der Waals surface area contributed by atoms with Crippen LogP contribution < -0.4 is 9.64 Å². The van der Waals surface area contributed by atoms with E-state index in [-0.39, 0.29) is 19.0 Å². The minimum atomic E-state index is -4.38. The Kier molecular flexibility index (Phi) is 7.98. The summed E-state index contributed by atoms with van der Waals surface area (Å²) in [5, 5.41) is 0. The molecule has 0 unspecified atom stereocenters. The Balaban J connectivity index is 1.93. The van der Waals surface area contributed by atoms with Crippen molar-refractivity contribution >= 4 is 11.6 Å². The van der Waals surface area contributed by atoms with Gasteiger partial charge in [0.1, 0.15) is 12.3 Å². The molecule has 8 heteroatoms. The number of carbonyl (C=O) groups is 1. The Bertz CT molecular complexity index is 620. The lowest BCUT2D eigenvalue weighted by Gasteiger charge is -2.29. The molecule has 1 aromatic carbocycles. The highest BCUT2D eigenvalue weighted by Crippen LogP contribution is 2.21. The molecule has 28 heavy (non-hydrogen) atoms. The van der Waals surface area contributed by atoms with E-state index in [1.54, 1.807) is 7.11 Å². The molecule has 1 aliphatic heterocycles. The molecule has 0 bridgehead atoms. The lowest BCUT2D eigenvalue weighted by Crippen LogP contribution is -2.46. The molecule has 1 amide bonds. The van der Waals surface area contributed by atoms with Gasteiger partial charge in [0.15, 0.2) is 0 Å². The van der Waals surface area contributed by atoms with Crippen LogP contribution in [-0.4, -0.2) is 74.8 Å². The van der Waals surface area contributed by atoms with E-state index < -0.39 is 18.6 Å². The molecule has 1 aliphatic rings. The highest BCUT2D eigenvalue weighted by atomic mass is 19.4. The summed E-state index contributed by atoms with van der Waals surface area (Å²) in [7, 11) is 1.62. The van der Waals surface area contributed by atoms with Gasteiger partial charge in [-0.25, -0.2) is 0 Å². The zero-order valence-corrected chi connectivity index (χ0v) is 16.8. The van der Waals surface area contributed by atoms with Crippen LogP contribution in [0.5, 0.6) is 5.75 Å². The molecule has 1 fully saturated rings. The Morgan fingerprint density at radius 1 is 1.14 bits per heavy atom. The van der Waals surface area contributed by atoms with Gasteiger partial charge < -0.3 is 14.5 Å². The van der Waals surface area contributed by atoms with E-state index in [1.165, 1.54) is 0 Å². The topological polar surface area (TPSA) is 36.0 Å². The normalized spacial score (nSPS) is 16.2. The van der Waals surface area contributed by atoms with Gasteiger partial charge in [-0.15, -0.1) is 0 Å². The number of nitrogens with zero attached hydrogens (tertiary/aromatic N) is 3. The molecule has 0 atom stereocenters. The molecule has 158 valence electrons. The monoisotopic (exact) mass is 401 g/mol. The number of anilines is 1. The molecule has 5 nitrogen and oxygen atoms in total. The van der Waals surface area contributed by atoms with Gasteiger partial charge in [0.25, 0.3) is 0 Å². The van der Waals surface area contributed by atoms with E-state index in [4.69, 9.17) is 4.74 Å². The van der Waals surface area contributed by atoms with Crippen molar-refractivity contribution < 1.29 is 22.7 Å². The lowest BCUT2D eigenvalue weighted by atomic mass is 10.2. The van der Waals surface area contributed by atoms with Crippen molar-refractivity contribution in [2.24, 2.45) is 5.92 Å². The number of methoxy groups -OCH3 is 1. The summed E-state index contributed by atoms with van der Waals surface area (Å²) in [5.74, 6) is 0.325. The number of amides is 1. The summed E-state index contributed by atoms with van der Waals surface area (Å²) < 4.78 is 43.7. The largest absolute Gasteiger partial charge is 0.497 e. The number of rotatable bonds is 7. The standard InChI is InChI=1S/C20H30F3N3O2/c1-16(2)13-26(15-20(21,22)23)19(27)14-24-9-4-10-25(12-11-24)17-5-7-18(28-3)8-6-17/h5-8,16H,4,9-15H2,1-3H3. The smallest absolute Gasteiger partial charge is 0.406 e. The van der Waals surface area contributed by atoms with Crippen LogP contribution in [0.25, 0.3) is 0 Å². The average Bonchev–Trinajstić information content (AvgIpc) is 2.85. The van der Waals surface area contributed by atoms with Crippen molar-refractivity contribution in [2.45, 2.75) is 26.4 Å². The molecular formula is C20H30F3N3O2. The van der Waals surface area contributed by atoms with E-state index in [1.807, 2.05) is 43.0 Å². The van der Waals surface area contributed by atoms with Gasteiger partial charge in [-0.2, -0.15) is 13.2 Å². The second-order valence-electron chi connectivity index (χ2n) is 7.60. The van der Waals surface area contributed by atoms with Gasteiger partial charge in [-0.1, -0.05) is 13.8 Å². The minimum Gasteiger partial charge on any atom is -0.497 e. The zero-order chi connectivity index (χ0) is 20.7. The van der Waals surface area contributed by atoms with E-state index in [9.17, 15) is 18.0 Å². The number of benzene rings is 1. The van der Waals surface area contributed by atoms with Crippen molar-refractivity contribution in [3.63, 3.8) is 0 Å². The summed E-state index contributed by atoms with van der Waals surface area (Å²) in [6.07, 6.45) is -3.53. The first-order chi connectivity index (χ1) is 13.2. The molecule has 1 heterocycles. The fourth-order valence-corrected chi connectivity index (χ4v) is 3.38. The van der Waals surface area contributed by atoms with Gasteiger partial charge in [0.2, 0.25) is 5.91 Å². The van der Waals surface area contributed by atoms with Crippen LogP contribution in [0.3, 0.4) is 0 Å². The number of carbonyl (C=O) groups excluding carboxylic acids is 1. The number of ether oxygens (including phenoxy) is 1. The van der Waals surface area contributed by atoms with Crippen LogP contribution in [0.4, 0.5) is 18.9 Å². The van der Waals surface area contributed by atoms with Crippen LogP contribution in [0, 0.1) is 5.92 Å². The second-order valence-corrected chi connectivity index (χ2v) is 7.60. The van der Waals surface area contributed by atoms with Crippen LogP contribution in [0.2, 0.25) is 0 Å². The van der Waals surface area contributed by atoms with Crippen LogP contribution in [0.1, 0.15) is 20.3 Å². The molecule has 0 N–H and O–H groups in total. The maximum absolute atomic E-state index is 12.8. The van der Waals surface area contributed by atoms with Crippen molar-refractivity contribution in [3.8, 4) is 5.75 Å². The molecule has 2 rings (SSSR count). The van der Waals surface area contributed by atoms with E-state index in [0.29, 0.717) is 13.1 Å². The Morgan fingerprint density at radius 2 is 1.82 bits per heavy atom. The number of hydrogen-bond acceptors (Lipinski definition) is 4. The fourth-order valence-electron chi connectivity index (χ4n) is 3.38. The van der Waals surface area contributed by atoms with Gasteiger partial charge in [0.05, 0.1) is 13.7 Å². The maximum Gasteiger partial charge on any atom is 0.406 e. The zero-order valence-electron chi connectivity index (χ0n) is 16.8. The van der Waals surface area contributed by atoms with Gasteiger partial charge >= 0.3 is 6.18 Å². The van der Waals surface area contributed by atoms with Gasteiger partial charge in [-0.3, -0.25) is 9.69 Å². The average molecular weight is 401 g/mol. The highest BCUT2D eigenvalue weighted by Gasteiger charge is 2.33. The number of halogens is 3. The first kappa shape index (κ1) is 22.3. The molecule has 1 aromatic rings. The third kappa shape index (κ3) is 7.22. The molecular weight excluding hydrogens is 371 g/mol.